The predicted octanol–water partition coefficient (Wildman–Crippen LogP) is 5.19. The molecule has 1 N–H and O–H groups in total. The monoisotopic (exact) mass is 466 g/mol. The van der Waals surface area contributed by atoms with E-state index in [2.05, 4.69) is 5.32 Å². The van der Waals surface area contributed by atoms with Crippen LogP contribution in [0.15, 0.2) is 78.9 Å². The molecule has 0 heterocycles. The highest BCUT2D eigenvalue weighted by atomic mass is 35.5. The van der Waals surface area contributed by atoms with Gasteiger partial charge in [-0.25, -0.2) is 4.39 Å². The second-order valence-corrected chi connectivity index (χ2v) is 8.38. The van der Waals surface area contributed by atoms with Crippen LogP contribution < -0.4 is 5.32 Å². The van der Waals surface area contributed by atoms with E-state index in [0.717, 1.165) is 23.1 Å². The average molecular weight is 467 g/mol. The van der Waals surface area contributed by atoms with Crippen LogP contribution in [0.3, 0.4) is 0 Å². The molecular formula is C27H28ClFN2O2. The van der Waals surface area contributed by atoms with Crippen LogP contribution in [-0.2, 0) is 29.0 Å². The lowest BCUT2D eigenvalue weighted by atomic mass is 10.0. The van der Waals surface area contributed by atoms with E-state index in [9.17, 15) is 14.0 Å². The summed E-state index contributed by atoms with van der Waals surface area (Å²) in [5, 5.41) is 3.54. The maximum absolute atomic E-state index is 13.5. The molecule has 3 aromatic rings. The van der Waals surface area contributed by atoms with Crippen LogP contribution in [0.25, 0.3) is 0 Å². The van der Waals surface area contributed by atoms with E-state index in [1.807, 2.05) is 37.3 Å². The minimum atomic E-state index is -0.705. The number of halogens is 2. The molecule has 2 amide bonds. The van der Waals surface area contributed by atoms with Crippen molar-refractivity contribution in [2.24, 2.45) is 0 Å². The summed E-state index contributed by atoms with van der Waals surface area (Å²) in [6, 6.07) is 22.0. The van der Waals surface area contributed by atoms with E-state index in [-0.39, 0.29) is 30.6 Å². The van der Waals surface area contributed by atoms with Crippen molar-refractivity contribution < 1.29 is 14.0 Å². The molecule has 0 fully saturated rings. The molecule has 0 bridgehead atoms. The highest BCUT2D eigenvalue weighted by molar-refractivity contribution is 6.30. The molecule has 33 heavy (non-hydrogen) atoms. The van der Waals surface area contributed by atoms with Gasteiger partial charge in [-0.15, -0.1) is 0 Å². The molecular weight excluding hydrogens is 439 g/mol. The SMILES string of the molecule is CCCNC(=O)C(Cc1ccccc1)N(Cc1ccc(F)cc1)C(=O)Cc1ccc(Cl)cc1. The topological polar surface area (TPSA) is 49.4 Å². The van der Waals surface area contributed by atoms with Crippen LogP contribution >= 0.6 is 11.6 Å². The third-order valence-corrected chi connectivity index (χ3v) is 5.61. The van der Waals surface area contributed by atoms with Crippen molar-refractivity contribution in [2.45, 2.75) is 38.8 Å². The van der Waals surface area contributed by atoms with E-state index in [1.165, 1.54) is 12.1 Å². The minimum Gasteiger partial charge on any atom is -0.354 e. The van der Waals surface area contributed by atoms with Crippen LogP contribution in [0.1, 0.15) is 30.0 Å². The van der Waals surface area contributed by atoms with Crippen molar-refractivity contribution in [3.63, 3.8) is 0 Å². The quantitative estimate of drug-likeness (QED) is 0.447. The largest absolute Gasteiger partial charge is 0.354 e. The molecule has 0 aliphatic rings. The number of rotatable bonds is 10. The average Bonchev–Trinajstić information content (AvgIpc) is 2.83. The van der Waals surface area contributed by atoms with Gasteiger partial charge in [0.1, 0.15) is 11.9 Å². The lowest BCUT2D eigenvalue weighted by Crippen LogP contribution is -2.51. The molecule has 3 aromatic carbocycles. The van der Waals surface area contributed by atoms with Crippen molar-refractivity contribution in [1.29, 1.82) is 0 Å². The zero-order chi connectivity index (χ0) is 23.6. The lowest BCUT2D eigenvalue weighted by molar-refractivity contribution is -0.140. The second-order valence-electron chi connectivity index (χ2n) is 7.95. The number of hydrogen-bond donors (Lipinski definition) is 1. The zero-order valence-electron chi connectivity index (χ0n) is 18.6. The number of hydrogen-bond acceptors (Lipinski definition) is 2. The Kier molecular flexibility index (Phi) is 9.02. The summed E-state index contributed by atoms with van der Waals surface area (Å²) in [4.78, 5) is 28.3. The summed E-state index contributed by atoms with van der Waals surface area (Å²) in [6.07, 6.45) is 1.30. The van der Waals surface area contributed by atoms with Gasteiger partial charge in [0.15, 0.2) is 0 Å². The van der Waals surface area contributed by atoms with E-state index in [4.69, 9.17) is 11.6 Å². The van der Waals surface area contributed by atoms with E-state index < -0.39 is 6.04 Å². The van der Waals surface area contributed by atoms with Gasteiger partial charge in [0, 0.05) is 24.5 Å². The van der Waals surface area contributed by atoms with Crippen LogP contribution in [-0.4, -0.2) is 29.3 Å². The molecule has 0 aliphatic heterocycles. The van der Waals surface area contributed by atoms with Gasteiger partial charge < -0.3 is 10.2 Å². The van der Waals surface area contributed by atoms with E-state index in [1.54, 1.807) is 41.3 Å². The summed E-state index contributed by atoms with van der Waals surface area (Å²) in [5.74, 6) is -0.735. The normalized spacial score (nSPS) is 11.6. The Labute approximate surface area is 199 Å². The summed E-state index contributed by atoms with van der Waals surface area (Å²) >= 11 is 5.98. The highest BCUT2D eigenvalue weighted by Gasteiger charge is 2.30. The summed E-state index contributed by atoms with van der Waals surface area (Å²) in [7, 11) is 0. The van der Waals surface area contributed by atoms with Gasteiger partial charge in [0.05, 0.1) is 6.42 Å². The zero-order valence-corrected chi connectivity index (χ0v) is 19.4. The first-order valence-corrected chi connectivity index (χ1v) is 11.4. The van der Waals surface area contributed by atoms with Gasteiger partial charge in [0.2, 0.25) is 11.8 Å². The number of nitrogens with zero attached hydrogens (tertiary/aromatic N) is 1. The van der Waals surface area contributed by atoms with Gasteiger partial charge in [-0.2, -0.15) is 0 Å². The maximum atomic E-state index is 13.5. The summed E-state index contributed by atoms with van der Waals surface area (Å²) < 4.78 is 13.5. The lowest BCUT2D eigenvalue weighted by Gasteiger charge is -2.31. The van der Waals surface area contributed by atoms with Gasteiger partial charge in [-0.1, -0.05) is 73.1 Å². The van der Waals surface area contributed by atoms with Crippen molar-refractivity contribution in [1.82, 2.24) is 10.2 Å². The van der Waals surface area contributed by atoms with Crippen molar-refractivity contribution in [3.05, 3.63) is 106 Å². The molecule has 0 saturated heterocycles. The maximum Gasteiger partial charge on any atom is 0.243 e. The first-order valence-electron chi connectivity index (χ1n) is 11.1. The van der Waals surface area contributed by atoms with Crippen LogP contribution in [0.2, 0.25) is 5.02 Å². The molecule has 4 nitrogen and oxygen atoms in total. The Bertz CT molecular complexity index is 1040. The predicted molar refractivity (Wildman–Crippen MR) is 129 cm³/mol. The van der Waals surface area contributed by atoms with Crippen LogP contribution in [0, 0.1) is 5.82 Å². The van der Waals surface area contributed by atoms with Crippen LogP contribution in [0.5, 0.6) is 0 Å². The number of amides is 2. The Morgan fingerprint density at radius 2 is 1.55 bits per heavy atom. The molecule has 0 aromatic heterocycles. The van der Waals surface area contributed by atoms with Gasteiger partial charge in [-0.3, -0.25) is 9.59 Å². The molecule has 172 valence electrons. The third kappa shape index (κ3) is 7.43. The smallest absolute Gasteiger partial charge is 0.243 e. The molecule has 1 atom stereocenters. The number of nitrogens with one attached hydrogen (secondary N) is 1. The number of benzene rings is 3. The molecule has 1 unspecified atom stereocenters. The first-order chi connectivity index (χ1) is 16.0. The Hall–Kier alpha value is -3.18. The van der Waals surface area contributed by atoms with E-state index >= 15 is 0 Å². The minimum absolute atomic E-state index is 0.130. The summed E-state index contributed by atoms with van der Waals surface area (Å²) in [5.41, 5.74) is 2.51. The molecule has 0 radical (unpaired) electrons. The Morgan fingerprint density at radius 1 is 0.909 bits per heavy atom. The molecule has 6 heteroatoms. The molecule has 0 spiro atoms. The van der Waals surface area contributed by atoms with Gasteiger partial charge >= 0.3 is 0 Å². The fourth-order valence-electron chi connectivity index (χ4n) is 3.58. The second kappa shape index (κ2) is 12.2. The Morgan fingerprint density at radius 3 is 2.18 bits per heavy atom. The molecule has 3 rings (SSSR count). The molecule has 0 aliphatic carbocycles. The summed E-state index contributed by atoms with van der Waals surface area (Å²) in [6.45, 7) is 2.71. The number of carbonyl (C=O) groups is 2. The number of carbonyl (C=O) groups excluding carboxylic acids is 2. The third-order valence-electron chi connectivity index (χ3n) is 5.36. The first kappa shape index (κ1) is 24.5. The fraction of sp³-hybridized carbons (Fsp3) is 0.259. The van der Waals surface area contributed by atoms with Crippen molar-refractivity contribution in [2.75, 3.05) is 6.54 Å². The molecule has 0 saturated carbocycles. The van der Waals surface area contributed by atoms with Crippen molar-refractivity contribution >= 4 is 23.4 Å². The highest BCUT2D eigenvalue weighted by Crippen LogP contribution is 2.18. The fourth-order valence-corrected chi connectivity index (χ4v) is 3.71. The van der Waals surface area contributed by atoms with Gasteiger partial charge in [0.25, 0.3) is 0 Å². The standard InChI is InChI=1S/C27H28ClFN2O2/c1-2-16-30-27(33)25(17-20-6-4-3-5-7-20)31(19-22-10-14-24(29)15-11-22)26(32)18-21-8-12-23(28)13-9-21/h3-15,25H,2,16-19H2,1H3,(H,30,33). The van der Waals surface area contributed by atoms with Gasteiger partial charge in [-0.05, 0) is 47.4 Å². The van der Waals surface area contributed by atoms with Crippen molar-refractivity contribution in [3.8, 4) is 0 Å². The Balaban J connectivity index is 1.93. The van der Waals surface area contributed by atoms with Crippen LogP contribution in [0.4, 0.5) is 4.39 Å². The van der Waals surface area contributed by atoms with E-state index in [0.29, 0.717) is 18.0 Å².